The highest BCUT2D eigenvalue weighted by Crippen LogP contribution is 2.27. The molecule has 0 radical (unpaired) electrons. The van der Waals surface area contributed by atoms with E-state index < -0.39 is 0 Å². The summed E-state index contributed by atoms with van der Waals surface area (Å²) in [5.74, 6) is 0. The van der Waals surface area contributed by atoms with Gasteiger partial charge in [0, 0.05) is 36.4 Å². The van der Waals surface area contributed by atoms with Gasteiger partial charge < -0.3 is 16.0 Å². The summed E-state index contributed by atoms with van der Waals surface area (Å²) in [5, 5.41) is 4.32. The van der Waals surface area contributed by atoms with Crippen molar-refractivity contribution in [3.8, 4) is 0 Å². The Labute approximate surface area is 110 Å². The largest absolute Gasteiger partial charge is 0.397 e. The van der Waals surface area contributed by atoms with Gasteiger partial charge >= 0.3 is 0 Å². The Balaban J connectivity index is 1.76. The highest BCUT2D eigenvalue weighted by atomic mass is 14.9. The molecular weight excluding hydrogens is 238 g/mol. The third-order valence-corrected chi connectivity index (χ3v) is 3.09. The summed E-state index contributed by atoms with van der Waals surface area (Å²) >= 11 is 0. The molecule has 0 spiro atoms. The first-order valence-electron chi connectivity index (χ1n) is 6.19. The van der Waals surface area contributed by atoms with Gasteiger partial charge in [-0.05, 0) is 24.3 Å². The first-order chi connectivity index (χ1) is 9.34. The van der Waals surface area contributed by atoms with Crippen LogP contribution in [0.15, 0.2) is 43.0 Å². The number of nitrogen functional groups attached to an aromatic ring is 1. The number of H-pyrrole nitrogens is 1. The number of rotatable bonds is 4. The number of anilines is 2. The molecule has 0 aliphatic heterocycles. The van der Waals surface area contributed by atoms with Gasteiger partial charge in [-0.2, -0.15) is 0 Å². The third-order valence-electron chi connectivity index (χ3n) is 3.09. The molecule has 0 saturated carbocycles. The monoisotopic (exact) mass is 253 g/mol. The Hall–Kier alpha value is -2.56. The standard InChI is InChI=1S/C14H15N5/c15-14-11-2-1-6-17-12(11)3-4-13(14)18-7-5-10-8-16-9-19-10/h1-4,6,8-9,18H,5,7,15H2,(H,16,19). The number of nitrogens with one attached hydrogen (secondary N) is 2. The molecule has 0 saturated heterocycles. The summed E-state index contributed by atoms with van der Waals surface area (Å²) < 4.78 is 0. The van der Waals surface area contributed by atoms with Crippen molar-refractivity contribution in [2.75, 3.05) is 17.6 Å². The van der Waals surface area contributed by atoms with Gasteiger partial charge in [-0.3, -0.25) is 4.98 Å². The number of nitrogens with zero attached hydrogens (tertiary/aromatic N) is 2. The van der Waals surface area contributed by atoms with Gasteiger partial charge in [-0.1, -0.05) is 0 Å². The fourth-order valence-corrected chi connectivity index (χ4v) is 2.08. The number of hydrogen-bond donors (Lipinski definition) is 3. The highest BCUT2D eigenvalue weighted by Gasteiger charge is 2.04. The second kappa shape index (κ2) is 4.97. The zero-order valence-corrected chi connectivity index (χ0v) is 10.4. The number of pyridine rings is 1. The number of nitrogens with two attached hydrogens (primary N) is 1. The number of imidazole rings is 1. The Morgan fingerprint density at radius 2 is 2.21 bits per heavy atom. The second-order valence-corrected chi connectivity index (χ2v) is 4.35. The first kappa shape index (κ1) is 11.5. The smallest absolute Gasteiger partial charge is 0.0921 e. The molecule has 2 aromatic heterocycles. The average Bonchev–Trinajstić information content (AvgIpc) is 2.95. The van der Waals surface area contributed by atoms with Crippen molar-refractivity contribution < 1.29 is 0 Å². The Kier molecular flexibility index (Phi) is 3.02. The van der Waals surface area contributed by atoms with E-state index in [4.69, 9.17) is 5.73 Å². The summed E-state index contributed by atoms with van der Waals surface area (Å²) in [6.07, 6.45) is 6.17. The molecule has 2 heterocycles. The maximum absolute atomic E-state index is 6.16. The van der Waals surface area contributed by atoms with E-state index in [0.29, 0.717) is 0 Å². The summed E-state index contributed by atoms with van der Waals surface area (Å²) in [7, 11) is 0. The van der Waals surface area contributed by atoms with Crippen LogP contribution in [-0.2, 0) is 6.42 Å². The molecule has 0 fully saturated rings. The molecule has 0 aliphatic rings. The molecule has 0 aliphatic carbocycles. The molecule has 96 valence electrons. The topological polar surface area (TPSA) is 79.6 Å². The van der Waals surface area contributed by atoms with E-state index in [1.54, 1.807) is 12.5 Å². The van der Waals surface area contributed by atoms with Crippen molar-refractivity contribution in [3.63, 3.8) is 0 Å². The van der Waals surface area contributed by atoms with Gasteiger partial charge in [0.2, 0.25) is 0 Å². The van der Waals surface area contributed by atoms with Crippen LogP contribution in [0.2, 0.25) is 0 Å². The van der Waals surface area contributed by atoms with E-state index in [0.717, 1.165) is 40.9 Å². The minimum atomic E-state index is 0.746. The van der Waals surface area contributed by atoms with Crippen LogP contribution in [0.5, 0.6) is 0 Å². The minimum Gasteiger partial charge on any atom is -0.397 e. The molecule has 3 aromatic rings. The predicted octanol–water partition coefficient (Wildman–Crippen LogP) is 2.19. The van der Waals surface area contributed by atoms with E-state index in [1.165, 1.54) is 0 Å². The normalized spacial score (nSPS) is 10.7. The maximum atomic E-state index is 6.16. The lowest BCUT2D eigenvalue weighted by Crippen LogP contribution is -2.07. The van der Waals surface area contributed by atoms with Gasteiger partial charge in [0.25, 0.3) is 0 Å². The highest BCUT2D eigenvalue weighted by molar-refractivity contribution is 5.96. The number of hydrogen-bond acceptors (Lipinski definition) is 4. The van der Waals surface area contributed by atoms with Gasteiger partial charge in [-0.25, -0.2) is 4.98 Å². The SMILES string of the molecule is Nc1c(NCCc2cnc[nH]2)ccc2ncccc12. The quantitative estimate of drug-likeness (QED) is 0.623. The summed E-state index contributed by atoms with van der Waals surface area (Å²) in [5.41, 5.74) is 9.87. The van der Waals surface area contributed by atoms with Crippen LogP contribution in [0.25, 0.3) is 10.9 Å². The van der Waals surface area contributed by atoms with Gasteiger partial charge in [-0.15, -0.1) is 0 Å². The van der Waals surface area contributed by atoms with Crippen LogP contribution < -0.4 is 11.1 Å². The second-order valence-electron chi connectivity index (χ2n) is 4.35. The van der Waals surface area contributed by atoms with Gasteiger partial charge in [0.1, 0.15) is 0 Å². The van der Waals surface area contributed by atoms with E-state index in [1.807, 2.05) is 30.5 Å². The minimum absolute atomic E-state index is 0.746. The molecule has 1 aromatic carbocycles. The maximum Gasteiger partial charge on any atom is 0.0921 e. The molecular formula is C14H15N5. The summed E-state index contributed by atoms with van der Waals surface area (Å²) in [6, 6.07) is 7.83. The fraction of sp³-hybridized carbons (Fsp3) is 0.143. The summed E-state index contributed by atoms with van der Waals surface area (Å²) in [4.78, 5) is 11.3. The van der Waals surface area contributed by atoms with Crippen LogP contribution in [0, 0.1) is 0 Å². The van der Waals surface area contributed by atoms with E-state index in [-0.39, 0.29) is 0 Å². The first-order valence-corrected chi connectivity index (χ1v) is 6.19. The molecule has 5 heteroatoms. The molecule has 19 heavy (non-hydrogen) atoms. The predicted molar refractivity (Wildman–Crippen MR) is 76.9 cm³/mol. The fourth-order valence-electron chi connectivity index (χ4n) is 2.08. The van der Waals surface area contributed by atoms with Crippen molar-refractivity contribution in [1.29, 1.82) is 0 Å². The number of aromatic nitrogens is 3. The van der Waals surface area contributed by atoms with Crippen LogP contribution in [0.3, 0.4) is 0 Å². The van der Waals surface area contributed by atoms with Gasteiger partial charge in [0.15, 0.2) is 0 Å². The lowest BCUT2D eigenvalue weighted by atomic mass is 10.1. The molecule has 3 rings (SSSR count). The molecule has 0 amide bonds. The van der Waals surface area contributed by atoms with Gasteiger partial charge in [0.05, 0.1) is 23.2 Å². The van der Waals surface area contributed by atoms with Crippen LogP contribution in [0.1, 0.15) is 5.69 Å². The lowest BCUT2D eigenvalue weighted by Gasteiger charge is -2.10. The zero-order chi connectivity index (χ0) is 13.1. The molecule has 0 bridgehead atoms. The number of benzene rings is 1. The van der Waals surface area contributed by atoms with Crippen molar-refractivity contribution in [2.24, 2.45) is 0 Å². The molecule has 0 atom stereocenters. The number of aromatic amines is 1. The lowest BCUT2D eigenvalue weighted by molar-refractivity contribution is 0.978. The third kappa shape index (κ3) is 2.35. The Morgan fingerprint density at radius 1 is 1.26 bits per heavy atom. The summed E-state index contributed by atoms with van der Waals surface area (Å²) in [6.45, 7) is 0.804. The van der Waals surface area contributed by atoms with Crippen molar-refractivity contribution in [2.45, 2.75) is 6.42 Å². The molecule has 0 unspecified atom stereocenters. The van der Waals surface area contributed by atoms with Crippen molar-refractivity contribution in [3.05, 3.63) is 48.7 Å². The zero-order valence-electron chi connectivity index (χ0n) is 10.4. The van der Waals surface area contributed by atoms with Crippen LogP contribution in [-0.4, -0.2) is 21.5 Å². The van der Waals surface area contributed by atoms with Crippen LogP contribution >= 0.6 is 0 Å². The van der Waals surface area contributed by atoms with Crippen LogP contribution in [0.4, 0.5) is 11.4 Å². The van der Waals surface area contributed by atoms with Crippen molar-refractivity contribution in [1.82, 2.24) is 15.0 Å². The molecule has 5 nitrogen and oxygen atoms in total. The Morgan fingerprint density at radius 3 is 3.05 bits per heavy atom. The molecule has 4 N–H and O–H groups in total. The average molecular weight is 253 g/mol. The van der Waals surface area contributed by atoms with E-state index in [2.05, 4.69) is 20.3 Å². The van der Waals surface area contributed by atoms with E-state index in [9.17, 15) is 0 Å². The van der Waals surface area contributed by atoms with E-state index >= 15 is 0 Å². The van der Waals surface area contributed by atoms with Crippen molar-refractivity contribution >= 4 is 22.3 Å². The Bertz CT molecular complexity index is 675. The number of fused-ring (bicyclic) bond motifs is 1.